The summed E-state index contributed by atoms with van der Waals surface area (Å²) in [6.45, 7) is 6.09. The summed E-state index contributed by atoms with van der Waals surface area (Å²) in [5, 5.41) is 2.82. The Morgan fingerprint density at radius 2 is 1.88 bits per heavy atom. The minimum Gasteiger partial charge on any atom is -0.496 e. The van der Waals surface area contributed by atoms with Gasteiger partial charge in [0.25, 0.3) is 0 Å². The molecule has 1 aromatic rings. The lowest BCUT2D eigenvalue weighted by Crippen LogP contribution is -2.46. The molecular formula is C17H28N2O4S. The van der Waals surface area contributed by atoms with E-state index in [2.05, 4.69) is 5.32 Å². The van der Waals surface area contributed by atoms with Crippen LogP contribution in [0.25, 0.3) is 0 Å². The number of ether oxygens (including phenoxy) is 1. The molecule has 0 unspecified atom stereocenters. The van der Waals surface area contributed by atoms with E-state index >= 15 is 0 Å². The predicted octanol–water partition coefficient (Wildman–Crippen LogP) is 1.80. The minimum absolute atomic E-state index is 0.135. The van der Waals surface area contributed by atoms with Crippen LogP contribution in [-0.2, 0) is 21.2 Å². The summed E-state index contributed by atoms with van der Waals surface area (Å²) in [6.07, 6.45) is 1.96. The van der Waals surface area contributed by atoms with Gasteiger partial charge in [0.2, 0.25) is 15.9 Å². The summed E-state index contributed by atoms with van der Waals surface area (Å²) in [4.78, 5) is 12.0. The zero-order chi connectivity index (χ0) is 18.4. The largest absolute Gasteiger partial charge is 0.496 e. The molecular weight excluding hydrogens is 328 g/mol. The van der Waals surface area contributed by atoms with Gasteiger partial charge in [0, 0.05) is 25.0 Å². The molecule has 0 aromatic heterocycles. The quantitative estimate of drug-likeness (QED) is 0.771. The maximum absolute atomic E-state index is 12.0. The van der Waals surface area contributed by atoms with Crippen molar-refractivity contribution in [3.8, 4) is 5.75 Å². The molecule has 0 radical (unpaired) electrons. The molecule has 0 bridgehead atoms. The molecule has 0 heterocycles. The number of hydrogen-bond acceptors (Lipinski definition) is 4. The Balaban J connectivity index is 2.49. The smallest absolute Gasteiger partial charge is 0.221 e. The first kappa shape index (κ1) is 20.4. The van der Waals surface area contributed by atoms with Crippen LogP contribution < -0.4 is 10.1 Å². The molecule has 0 spiro atoms. The number of sulfonamides is 1. The molecule has 0 saturated heterocycles. The number of amides is 1. The molecule has 0 saturated carbocycles. The van der Waals surface area contributed by atoms with E-state index in [1.165, 1.54) is 4.31 Å². The Morgan fingerprint density at radius 1 is 1.25 bits per heavy atom. The topological polar surface area (TPSA) is 75.7 Å². The number of hydrogen-bond donors (Lipinski definition) is 1. The lowest BCUT2D eigenvalue weighted by atomic mass is 10.1. The first-order valence-electron chi connectivity index (χ1n) is 7.92. The highest BCUT2D eigenvalue weighted by molar-refractivity contribution is 7.88. The van der Waals surface area contributed by atoms with Crippen LogP contribution in [0.15, 0.2) is 24.3 Å². The highest BCUT2D eigenvalue weighted by Gasteiger charge is 2.29. The number of nitrogens with one attached hydrogen (secondary N) is 1. The van der Waals surface area contributed by atoms with Gasteiger partial charge in [0.15, 0.2) is 0 Å². The zero-order valence-electron chi connectivity index (χ0n) is 15.1. The van der Waals surface area contributed by atoms with Gasteiger partial charge >= 0.3 is 0 Å². The summed E-state index contributed by atoms with van der Waals surface area (Å²) in [5.74, 6) is 0.630. The summed E-state index contributed by atoms with van der Waals surface area (Å²) in [5.41, 5.74) is 0.471. The fourth-order valence-corrected chi connectivity index (χ4v) is 3.95. The van der Waals surface area contributed by atoms with Crippen molar-refractivity contribution in [2.75, 3.05) is 26.5 Å². The Bertz CT molecular complexity index is 651. The Kier molecular flexibility index (Phi) is 7.23. The summed E-state index contributed by atoms with van der Waals surface area (Å²) < 4.78 is 30.3. The molecule has 0 aliphatic heterocycles. The van der Waals surface area contributed by atoms with E-state index in [0.717, 1.165) is 17.6 Å². The van der Waals surface area contributed by atoms with Crippen LogP contribution in [0, 0.1) is 0 Å². The van der Waals surface area contributed by atoms with Crippen molar-refractivity contribution in [1.29, 1.82) is 0 Å². The fourth-order valence-electron chi connectivity index (χ4n) is 2.54. The number of methoxy groups -OCH3 is 1. The van der Waals surface area contributed by atoms with Crippen LogP contribution in [0.1, 0.15) is 32.8 Å². The van der Waals surface area contributed by atoms with Crippen LogP contribution in [0.3, 0.4) is 0 Å². The van der Waals surface area contributed by atoms with Gasteiger partial charge in [0.1, 0.15) is 5.75 Å². The van der Waals surface area contributed by atoms with Gasteiger partial charge in [-0.05, 0) is 38.8 Å². The lowest BCUT2D eigenvalue weighted by Gasteiger charge is -2.33. The molecule has 24 heavy (non-hydrogen) atoms. The molecule has 1 aromatic carbocycles. The molecule has 0 fully saturated rings. The van der Waals surface area contributed by atoms with Crippen LogP contribution in [0.2, 0.25) is 0 Å². The van der Waals surface area contributed by atoms with Crippen molar-refractivity contribution < 1.29 is 17.9 Å². The van der Waals surface area contributed by atoms with E-state index in [1.807, 2.05) is 45.0 Å². The van der Waals surface area contributed by atoms with Crippen molar-refractivity contribution in [1.82, 2.24) is 9.62 Å². The van der Waals surface area contributed by atoms with Gasteiger partial charge in [-0.3, -0.25) is 4.79 Å². The Morgan fingerprint density at radius 3 is 2.42 bits per heavy atom. The second-order valence-corrected chi connectivity index (χ2v) is 8.57. The average Bonchev–Trinajstić information content (AvgIpc) is 2.45. The zero-order valence-corrected chi connectivity index (χ0v) is 15.9. The maximum Gasteiger partial charge on any atom is 0.221 e. The number of nitrogens with zero attached hydrogens (tertiary/aromatic N) is 1. The van der Waals surface area contributed by atoms with Crippen LogP contribution in [0.4, 0.5) is 0 Å². The number of para-hydroxylation sites is 1. The van der Waals surface area contributed by atoms with Crippen molar-refractivity contribution >= 4 is 15.9 Å². The van der Waals surface area contributed by atoms with E-state index in [9.17, 15) is 13.2 Å². The highest BCUT2D eigenvalue weighted by Crippen LogP contribution is 2.18. The molecule has 1 rings (SSSR count). The highest BCUT2D eigenvalue weighted by atomic mass is 32.2. The third kappa shape index (κ3) is 6.49. The van der Waals surface area contributed by atoms with Crippen molar-refractivity contribution in [3.63, 3.8) is 0 Å². The minimum atomic E-state index is -3.35. The molecule has 1 N–H and O–H groups in total. The molecule has 0 atom stereocenters. The molecule has 0 aliphatic carbocycles. The number of carbonyl (C=O) groups is 1. The SMILES string of the molecule is COc1ccccc1CCNC(=O)CCN(C(C)(C)C)S(C)(=O)=O. The first-order chi connectivity index (χ1) is 11.1. The van der Waals surface area contributed by atoms with Crippen molar-refractivity contribution in [2.24, 2.45) is 0 Å². The maximum atomic E-state index is 12.0. The monoisotopic (exact) mass is 356 g/mol. The van der Waals surface area contributed by atoms with Gasteiger partial charge in [-0.15, -0.1) is 0 Å². The number of rotatable bonds is 8. The van der Waals surface area contributed by atoms with Gasteiger partial charge in [-0.1, -0.05) is 18.2 Å². The van der Waals surface area contributed by atoms with E-state index < -0.39 is 15.6 Å². The van der Waals surface area contributed by atoms with Gasteiger partial charge < -0.3 is 10.1 Å². The Labute approximate surface area is 145 Å². The molecule has 7 heteroatoms. The van der Waals surface area contributed by atoms with E-state index in [1.54, 1.807) is 7.11 Å². The van der Waals surface area contributed by atoms with Crippen LogP contribution in [-0.4, -0.2) is 50.6 Å². The fraction of sp³-hybridized carbons (Fsp3) is 0.588. The molecule has 136 valence electrons. The second-order valence-electron chi connectivity index (χ2n) is 6.67. The number of carbonyl (C=O) groups excluding carboxylic acids is 1. The first-order valence-corrected chi connectivity index (χ1v) is 9.77. The van der Waals surface area contributed by atoms with Gasteiger partial charge in [-0.25, -0.2) is 8.42 Å². The standard InChI is InChI=1S/C17H28N2O4S/c1-17(2,3)19(24(5,21)22)13-11-16(20)18-12-10-14-8-6-7-9-15(14)23-4/h6-9H,10-13H2,1-5H3,(H,18,20). The van der Waals surface area contributed by atoms with E-state index in [4.69, 9.17) is 4.74 Å². The van der Waals surface area contributed by atoms with Crippen LogP contribution in [0.5, 0.6) is 5.75 Å². The average molecular weight is 356 g/mol. The van der Waals surface area contributed by atoms with E-state index in [-0.39, 0.29) is 18.9 Å². The van der Waals surface area contributed by atoms with E-state index in [0.29, 0.717) is 13.0 Å². The normalized spacial score (nSPS) is 12.2. The Hall–Kier alpha value is -1.60. The molecule has 6 nitrogen and oxygen atoms in total. The van der Waals surface area contributed by atoms with Crippen molar-refractivity contribution in [2.45, 2.75) is 39.2 Å². The summed E-state index contributed by atoms with van der Waals surface area (Å²) in [6, 6.07) is 7.65. The third-order valence-corrected chi connectivity index (χ3v) is 5.13. The lowest BCUT2D eigenvalue weighted by molar-refractivity contribution is -0.121. The van der Waals surface area contributed by atoms with Gasteiger partial charge in [-0.2, -0.15) is 4.31 Å². The predicted molar refractivity (Wildman–Crippen MR) is 95.6 cm³/mol. The summed E-state index contributed by atoms with van der Waals surface area (Å²) >= 11 is 0. The van der Waals surface area contributed by atoms with Crippen LogP contribution >= 0.6 is 0 Å². The second kappa shape index (κ2) is 8.48. The summed E-state index contributed by atoms with van der Waals surface area (Å²) in [7, 11) is -1.74. The van der Waals surface area contributed by atoms with Gasteiger partial charge in [0.05, 0.1) is 13.4 Å². The van der Waals surface area contributed by atoms with Crippen molar-refractivity contribution in [3.05, 3.63) is 29.8 Å². The third-order valence-electron chi connectivity index (χ3n) is 3.60. The number of benzene rings is 1. The molecule has 1 amide bonds. The molecule has 0 aliphatic rings.